The first-order valence-corrected chi connectivity index (χ1v) is 12.6. The quantitative estimate of drug-likeness (QED) is 0.235. The molecule has 0 saturated heterocycles. The van der Waals surface area contributed by atoms with Gasteiger partial charge < -0.3 is 10.6 Å². The number of benzene rings is 4. The monoisotopic (exact) mass is 513 g/mol. The van der Waals surface area contributed by atoms with Crippen molar-refractivity contribution in [3.05, 3.63) is 138 Å². The molecular weight excluding hydrogens is 486 g/mol. The van der Waals surface area contributed by atoms with E-state index in [1.807, 2.05) is 121 Å². The Morgan fingerprint density at radius 2 is 0.974 bits per heavy atom. The molecule has 0 saturated carbocycles. The van der Waals surface area contributed by atoms with E-state index in [0.29, 0.717) is 24.5 Å². The van der Waals surface area contributed by atoms with Gasteiger partial charge in [0.05, 0.1) is 11.4 Å². The smallest absolute Gasteiger partial charge is 0.320 e. The number of hydrogen-bond acceptors (Lipinski definition) is 4. The van der Waals surface area contributed by atoms with E-state index in [2.05, 4.69) is 16.0 Å². The lowest BCUT2D eigenvalue weighted by Gasteiger charge is -2.16. The number of anilines is 1. The third-order valence-corrected chi connectivity index (χ3v) is 6.03. The highest BCUT2D eigenvalue weighted by Gasteiger charge is 2.22. The zero-order valence-corrected chi connectivity index (χ0v) is 21.2. The molecular formula is C32H27N5O2. The van der Waals surface area contributed by atoms with Gasteiger partial charge in [-0.05, 0) is 11.1 Å². The molecule has 0 aliphatic rings. The summed E-state index contributed by atoms with van der Waals surface area (Å²) in [5.74, 6) is -0.369. The zero-order valence-electron chi connectivity index (χ0n) is 21.2. The summed E-state index contributed by atoms with van der Waals surface area (Å²) in [4.78, 5) is 35.9. The molecule has 1 heterocycles. The van der Waals surface area contributed by atoms with Gasteiger partial charge in [-0.1, -0.05) is 121 Å². The maximum absolute atomic E-state index is 13.4. The van der Waals surface area contributed by atoms with Crippen molar-refractivity contribution in [1.82, 2.24) is 20.6 Å². The van der Waals surface area contributed by atoms with Crippen LogP contribution in [0.3, 0.4) is 0 Å². The van der Waals surface area contributed by atoms with Crippen LogP contribution in [-0.4, -0.2) is 21.9 Å². The Balaban J connectivity index is 1.52. The number of hydrogen-bond donors (Lipinski definition) is 3. The molecule has 0 radical (unpaired) electrons. The van der Waals surface area contributed by atoms with Crippen LogP contribution in [0.4, 0.5) is 10.6 Å². The lowest BCUT2D eigenvalue weighted by Crippen LogP contribution is -2.31. The highest BCUT2D eigenvalue weighted by Crippen LogP contribution is 2.31. The Hall–Kier alpha value is -5.30. The first-order valence-electron chi connectivity index (χ1n) is 12.6. The van der Waals surface area contributed by atoms with E-state index in [9.17, 15) is 9.59 Å². The Kier molecular flexibility index (Phi) is 7.99. The molecule has 4 aromatic carbocycles. The Bertz CT molecular complexity index is 1540. The largest absolute Gasteiger partial charge is 0.347 e. The van der Waals surface area contributed by atoms with E-state index >= 15 is 0 Å². The molecule has 39 heavy (non-hydrogen) atoms. The van der Waals surface area contributed by atoms with Crippen molar-refractivity contribution >= 4 is 17.8 Å². The van der Waals surface area contributed by atoms with Gasteiger partial charge in [-0.25, -0.2) is 14.8 Å². The SMILES string of the molecule is O=C(NCc1ccccc1)Nc1nc(-c2ccccc2)c(-c2ccccc2)nc1C(=O)NCc1ccccc1. The zero-order chi connectivity index (χ0) is 26.9. The number of aromatic nitrogens is 2. The predicted octanol–water partition coefficient (Wildman–Crippen LogP) is 6.06. The standard InChI is InChI=1S/C32H27N5O2/c38-31(33-21-23-13-5-1-6-14-23)29-30(37-32(39)34-22-24-15-7-2-8-16-24)36-28(26-19-11-4-12-20-26)27(35-29)25-17-9-3-10-18-25/h1-20H,21-22H2,(H,33,38)(H2,34,36,37,39). The van der Waals surface area contributed by atoms with Crippen LogP contribution < -0.4 is 16.0 Å². The fraction of sp³-hybridized carbons (Fsp3) is 0.0625. The summed E-state index contributed by atoms with van der Waals surface area (Å²) in [6.07, 6.45) is 0. The summed E-state index contributed by atoms with van der Waals surface area (Å²) in [5, 5.41) is 8.50. The molecule has 3 amide bonds. The van der Waals surface area contributed by atoms with Crippen molar-refractivity contribution in [3.8, 4) is 22.5 Å². The van der Waals surface area contributed by atoms with E-state index < -0.39 is 11.9 Å². The third-order valence-electron chi connectivity index (χ3n) is 6.03. The van der Waals surface area contributed by atoms with E-state index in [1.165, 1.54) is 0 Å². The highest BCUT2D eigenvalue weighted by molar-refractivity contribution is 6.02. The maximum atomic E-state index is 13.4. The minimum atomic E-state index is -0.489. The minimum absolute atomic E-state index is 0.0272. The summed E-state index contributed by atoms with van der Waals surface area (Å²) in [6, 6.07) is 37.8. The molecule has 1 aromatic heterocycles. The van der Waals surface area contributed by atoms with Crippen molar-refractivity contribution in [3.63, 3.8) is 0 Å². The van der Waals surface area contributed by atoms with Gasteiger partial charge in [-0.2, -0.15) is 0 Å². The van der Waals surface area contributed by atoms with Crippen molar-refractivity contribution in [2.75, 3.05) is 5.32 Å². The van der Waals surface area contributed by atoms with E-state index in [4.69, 9.17) is 9.97 Å². The van der Waals surface area contributed by atoms with Crippen molar-refractivity contribution in [2.45, 2.75) is 13.1 Å². The molecule has 0 fully saturated rings. The first-order chi connectivity index (χ1) is 19.2. The van der Waals surface area contributed by atoms with E-state index in [-0.39, 0.29) is 11.5 Å². The van der Waals surface area contributed by atoms with Crippen LogP contribution in [0.1, 0.15) is 21.6 Å². The van der Waals surface area contributed by atoms with Gasteiger partial charge in [-0.3, -0.25) is 10.1 Å². The fourth-order valence-corrected chi connectivity index (χ4v) is 4.07. The van der Waals surface area contributed by atoms with Crippen LogP contribution in [0.2, 0.25) is 0 Å². The van der Waals surface area contributed by atoms with Gasteiger partial charge in [0.25, 0.3) is 5.91 Å². The van der Waals surface area contributed by atoms with Gasteiger partial charge in [0.15, 0.2) is 11.5 Å². The fourth-order valence-electron chi connectivity index (χ4n) is 4.07. The van der Waals surface area contributed by atoms with Gasteiger partial charge >= 0.3 is 6.03 Å². The van der Waals surface area contributed by atoms with Crippen LogP contribution in [0.25, 0.3) is 22.5 Å². The molecule has 0 unspecified atom stereocenters. The molecule has 7 nitrogen and oxygen atoms in total. The normalized spacial score (nSPS) is 10.5. The average Bonchev–Trinajstić information content (AvgIpc) is 3.00. The number of nitrogens with zero attached hydrogens (tertiary/aromatic N) is 2. The number of carbonyl (C=O) groups excluding carboxylic acids is 2. The summed E-state index contributed by atoms with van der Waals surface area (Å²) in [6.45, 7) is 0.630. The Labute approximate surface area is 227 Å². The molecule has 0 aliphatic heterocycles. The number of amides is 3. The summed E-state index contributed by atoms with van der Waals surface area (Å²) >= 11 is 0. The predicted molar refractivity (Wildman–Crippen MR) is 153 cm³/mol. The third kappa shape index (κ3) is 6.53. The van der Waals surface area contributed by atoms with Gasteiger partial charge in [-0.15, -0.1) is 0 Å². The number of carbonyl (C=O) groups is 2. The summed E-state index contributed by atoms with van der Waals surface area (Å²) in [7, 11) is 0. The van der Waals surface area contributed by atoms with Gasteiger partial charge in [0.1, 0.15) is 0 Å². The number of nitrogens with one attached hydrogen (secondary N) is 3. The molecule has 0 spiro atoms. The summed E-state index contributed by atoms with van der Waals surface area (Å²) < 4.78 is 0. The average molecular weight is 514 g/mol. The van der Waals surface area contributed by atoms with Crippen LogP contribution >= 0.6 is 0 Å². The molecule has 5 rings (SSSR count). The number of rotatable bonds is 8. The molecule has 5 aromatic rings. The van der Waals surface area contributed by atoms with Gasteiger partial charge in [0.2, 0.25) is 0 Å². The van der Waals surface area contributed by atoms with Crippen LogP contribution in [0.15, 0.2) is 121 Å². The molecule has 7 heteroatoms. The summed E-state index contributed by atoms with van der Waals surface area (Å²) in [5.41, 5.74) is 4.64. The minimum Gasteiger partial charge on any atom is -0.347 e. The first kappa shape index (κ1) is 25.4. The Morgan fingerprint density at radius 1 is 0.538 bits per heavy atom. The second kappa shape index (κ2) is 12.3. The van der Waals surface area contributed by atoms with Crippen molar-refractivity contribution in [1.29, 1.82) is 0 Å². The van der Waals surface area contributed by atoms with E-state index in [1.54, 1.807) is 0 Å². The lowest BCUT2D eigenvalue weighted by molar-refractivity contribution is 0.0946. The molecule has 3 N–H and O–H groups in total. The van der Waals surface area contributed by atoms with Crippen LogP contribution in [0.5, 0.6) is 0 Å². The van der Waals surface area contributed by atoms with Crippen LogP contribution in [-0.2, 0) is 13.1 Å². The highest BCUT2D eigenvalue weighted by atomic mass is 16.2. The maximum Gasteiger partial charge on any atom is 0.320 e. The lowest BCUT2D eigenvalue weighted by atomic mass is 10.0. The van der Waals surface area contributed by atoms with Gasteiger partial charge in [0, 0.05) is 24.2 Å². The van der Waals surface area contributed by atoms with E-state index in [0.717, 1.165) is 22.3 Å². The molecule has 0 aliphatic carbocycles. The topological polar surface area (TPSA) is 96.0 Å². The van der Waals surface area contributed by atoms with Crippen LogP contribution in [0, 0.1) is 0 Å². The Morgan fingerprint density at radius 3 is 1.49 bits per heavy atom. The second-order valence-corrected chi connectivity index (χ2v) is 8.81. The van der Waals surface area contributed by atoms with Crippen molar-refractivity contribution in [2.24, 2.45) is 0 Å². The second-order valence-electron chi connectivity index (χ2n) is 8.81. The van der Waals surface area contributed by atoms with Crippen molar-refractivity contribution < 1.29 is 9.59 Å². The molecule has 192 valence electrons. The number of urea groups is 1. The molecule has 0 bridgehead atoms. The molecule has 0 atom stereocenters.